The van der Waals surface area contributed by atoms with E-state index in [9.17, 15) is 5.11 Å². The van der Waals surface area contributed by atoms with Crippen LogP contribution >= 0.6 is 0 Å². The van der Waals surface area contributed by atoms with Gasteiger partial charge < -0.3 is 5.11 Å². The lowest BCUT2D eigenvalue weighted by molar-refractivity contribution is 0.423. The summed E-state index contributed by atoms with van der Waals surface area (Å²) >= 11 is 0. The second-order valence-corrected chi connectivity index (χ2v) is 6.68. The van der Waals surface area contributed by atoms with Crippen LogP contribution in [0.1, 0.15) is 64.7 Å². The molecule has 1 aromatic carbocycles. The summed E-state index contributed by atoms with van der Waals surface area (Å²) in [6.45, 7) is 15.2. The molecule has 1 N–H and O–H groups in total. The third-order valence-electron chi connectivity index (χ3n) is 3.78. The summed E-state index contributed by atoms with van der Waals surface area (Å²) in [6, 6.07) is 4.27. The quantitative estimate of drug-likeness (QED) is 0.787. The van der Waals surface area contributed by atoms with Crippen molar-refractivity contribution < 1.29 is 5.11 Å². The zero-order valence-electron chi connectivity index (χ0n) is 12.3. The Morgan fingerprint density at radius 2 is 1.59 bits per heavy atom. The van der Waals surface area contributed by atoms with Gasteiger partial charge in [-0.25, -0.2) is 0 Å². The first-order valence-corrected chi connectivity index (χ1v) is 6.44. The average molecular weight is 234 g/mol. The van der Waals surface area contributed by atoms with Crippen LogP contribution in [0.2, 0.25) is 0 Å². The van der Waals surface area contributed by atoms with Crippen molar-refractivity contribution in [1.82, 2.24) is 0 Å². The minimum atomic E-state index is 0.0239. The molecule has 0 amide bonds. The van der Waals surface area contributed by atoms with E-state index in [1.807, 2.05) is 6.92 Å². The fraction of sp³-hybridized carbons (Fsp3) is 0.625. The first-order chi connectivity index (χ1) is 7.59. The number of aromatic hydroxyl groups is 1. The van der Waals surface area contributed by atoms with Crippen molar-refractivity contribution in [2.45, 2.75) is 65.7 Å². The molecule has 0 saturated carbocycles. The predicted octanol–water partition coefficient (Wildman–Crippen LogP) is 4.69. The van der Waals surface area contributed by atoms with Crippen LogP contribution in [0.4, 0.5) is 0 Å². The van der Waals surface area contributed by atoms with Crippen molar-refractivity contribution in [2.24, 2.45) is 0 Å². The lowest BCUT2D eigenvalue weighted by Crippen LogP contribution is -2.19. The highest BCUT2D eigenvalue weighted by atomic mass is 16.3. The molecule has 0 bridgehead atoms. The molecule has 0 aliphatic carbocycles. The zero-order valence-corrected chi connectivity index (χ0v) is 12.3. The Kier molecular flexibility index (Phi) is 3.61. The molecule has 0 aromatic heterocycles. The van der Waals surface area contributed by atoms with E-state index in [4.69, 9.17) is 0 Å². The van der Waals surface area contributed by atoms with Gasteiger partial charge in [0.2, 0.25) is 0 Å². The molecule has 0 saturated heterocycles. The van der Waals surface area contributed by atoms with E-state index in [1.54, 1.807) is 0 Å². The van der Waals surface area contributed by atoms with E-state index >= 15 is 0 Å². The van der Waals surface area contributed by atoms with Crippen LogP contribution in [0.25, 0.3) is 0 Å². The van der Waals surface area contributed by atoms with Crippen molar-refractivity contribution in [3.05, 3.63) is 28.8 Å². The largest absolute Gasteiger partial charge is 0.507 e. The molecule has 0 radical (unpaired) electrons. The van der Waals surface area contributed by atoms with Crippen molar-refractivity contribution >= 4 is 0 Å². The van der Waals surface area contributed by atoms with Crippen molar-refractivity contribution in [1.29, 1.82) is 0 Å². The number of phenols is 1. The minimum Gasteiger partial charge on any atom is -0.507 e. The Hall–Kier alpha value is -0.980. The molecule has 1 aromatic rings. The van der Waals surface area contributed by atoms with Crippen LogP contribution in [0.3, 0.4) is 0 Å². The SMILES string of the molecule is CCC(C)(C)c1cc(C(C)(C)C)cc(C)c1O. The van der Waals surface area contributed by atoms with E-state index in [0.717, 1.165) is 17.5 Å². The zero-order chi connectivity index (χ0) is 13.4. The summed E-state index contributed by atoms with van der Waals surface area (Å²) in [6.07, 6.45) is 1.02. The number of rotatable bonds is 2. The van der Waals surface area contributed by atoms with E-state index in [2.05, 4.69) is 53.7 Å². The minimum absolute atomic E-state index is 0.0239. The van der Waals surface area contributed by atoms with E-state index in [0.29, 0.717) is 5.75 Å². The summed E-state index contributed by atoms with van der Waals surface area (Å²) in [5, 5.41) is 10.3. The summed E-state index contributed by atoms with van der Waals surface area (Å²) in [5.74, 6) is 0.463. The molecule has 0 aliphatic heterocycles. The van der Waals surface area contributed by atoms with Crippen molar-refractivity contribution in [2.75, 3.05) is 0 Å². The molecule has 96 valence electrons. The predicted molar refractivity (Wildman–Crippen MR) is 74.9 cm³/mol. The molecular weight excluding hydrogens is 208 g/mol. The Labute approximate surface area is 106 Å². The highest BCUT2D eigenvalue weighted by Crippen LogP contribution is 2.38. The molecule has 0 aliphatic rings. The van der Waals surface area contributed by atoms with Crippen LogP contribution in [-0.2, 0) is 10.8 Å². The summed E-state index contributed by atoms with van der Waals surface area (Å²) in [7, 11) is 0. The standard InChI is InChI=1S/C16H26O/c1-8-16(6,7)13-10-12(15(3,4)5)9-11(2)14(13)17/h9-10,17H,8H2,1-7H3. The van der Waals surface area contributed by atoms with Crippen LogP contribution in [-0.4, -0.2) is 5.11 Å². The van der Waals surface area contributed by atoms with Gasteiger partial charge in [0.25, 0.3) is 0 Å². The molecular formula is C16H26O. The van der Waals surface area contributed by atoms with Gasteiger partial charge in [-0.3, -0.25) is 0 Å². The van der Waals surface area contributed by atoms with Gasteiger partial charge in [0.15, 0.2) is 0 Å². The van der Waals surface area contributed by atoms with Crippen LogP contribution in [0.5, 0.6) is 5.75 Å². The summed E-state index contributed by atoms with van der Waals surface area (Å²) < 4.78 is 0. The Morgan fingerprint density at radius 1 is 1.06 bits per heavy atom. The third-order valence-corrected chi connectivity index (χ3v) is 3.78. The first-order valence-electron chi connectivity index (χ1n) is 6.44. The van der Waals surface area contributed by atoms with Gasteiger partial charge >= 0.3 is 0 Å². The van der Waals surface area contributed by atoms with Gasteiger partial charge in [-0.1, -0.05) is 53.7 Å². The molecule has 0 spiro atoms. The van der Waals surface area contributed by atoms with Gasteiger partial charge in [-0.15, -0.1) is 0 Å². The van der Waals surface area contributed by atoms with Gasteiger partial charge in [0.1, 0.15) is 5.75 Å². The molecule has 0 fully saturated rings. The number of hydrogen-bond donors (Lipinski definition) is 1. The smallest absolute Gasteiger partial charge is 0.122 e. The molecule has 1 heteroatoms. The van der Waals surface area contributed by atoms with E-state index in [-0.39, 0.29) is 10.8 Å². The number of aryl methyl sites for hydroxylation is 1. The topological polar surface area (TPSA) is 20.2 Å². The molecule has 17 heavy (non-hydrogen) atoms. The van der Waals surface area contributed by atoms with Gasteiger partial charge in [0.05, 0.1) is 0 Å². The Morgan fingerprint density at radius 3 is 2.00 bits per heavy atom. The molecule has 0 atom stereocenters. The molecule has 0 unspecified atom stereocenters. The van der Waals surface area contributed by atoms with Gasteiger partial charge in [-0.05, 0) is 35.3 Å². The molecule has 0 heterocycles. The Balaban J connectivity index is 3.46. The highest BCUT2D eigenvalue weighted by Gasteiger charge is 2.25. The maximum Gasteiger partial charge on any atom is 0.122 e. The number of benzene rings is 1. The highest BCUT2D eigenvalue weighted by molar-refractivity contribution is 5.48. The normalized spacial score (nSPS) is 12.9. The van der Waals surface area contributed by atoms with Crippen molar-refractivity contribution in [3.8, 4) is 5.75 Å². The first kappa shape index (κ1) is 14.1. The molecule has 1 nitrogen and oxygen atoms in total. The van der Waals surface area contributed by atoms with Crippen LogP contribution in [0, 0.1) is 6.92 Å². The Bertz CT molecular complexity index is 408. The lowest BCUT2D eigenvalue weighted by Gasteiger charge is -2.29. The molecule has 1 rings (SSSR count). The monoisotopic (exact) mass is 234 g/mol. The van der Waals surface area contributed by atoms with E-state index in [1.165, 1.54) is 5.56 Å². The maximum atomic E-state index is 10.3. The fourth-order valence-electron chi connectivity index (χ4n) is 1.92. The second-order valence-electron chi connectivity index (χ2n) is 6.68. The number of phenolic OH excluding ortho intramolecular Hbond substituents is 1. The number of hydrogen-bond acceptors (Lipinski definition) is 1. The fourth-order valence-corrected chi connectivity index (χ4v) is 1.92. The van der Waals surface area contributed by atoms with Gasteiger partial charge in [-0.2, -0.15) is 0 Å². The van der Waals surface area contributed by atoms with Crippen molar-refractivity contribution in [3.63, 3.8) is 0 Å². The lowest BCUT2D eigenvalue weighted by atomic mass is 9.77. The van der Waals surface area contributed by atoms with Crippen LogP contribution < -0.4 is 0 Å². The second kappa shape index (κ2) is 4.36. The maximum absolute atomic E-state index is 10.3. The summed E-state index contributed by atoms with van der Waals surface area (Å²) in [4.78, 5) is 0. The van der Waals surface area contributed by atoms with E-state index < -0.39 is 0 Å². The average Bonchev–Trinajstić information content (AvgIpc) is 2.20. The van der Waals surface area contributed by atoms with Crippen LogP contribution in [0.15, 0.2) is 12.1 Å². The van der Waals surface area contributed by atoms with Gasteiger partial charge in [0, 0.05) is 5.56 Å². The third kappa shape index (κ3) is 2.83. The summed E-state index contributed by atoms with van der Waals surface area (Å²) in [5.41, 5.74) is 3.50.